The molecule has 54 heavy (non-hydrogen) atoms. The fraction of sp³-hybridized carbons (Fsp3) is 0. The van der Waals surface area contributed by atoms with Gasteiger partial charge in [-0.15, -0.1) is 0 Å². The third-order valence-corrected chi connectivity index (χ3v) is 10.3. The number of hydrogen-bond acceptors (Lipinski definition) is 5. The molecule has 0 atom stereocenters. The predicted molar refractivity (Wildman–Crippen MR) is 220 cm³/mol. The van der Waals surface area contributed by atoms with E-state index >= 15 is 0 Å². The number of aromatic nitrogens is 1. The highest BCUT2D eigenvalue weighted by molar-refractivity contribution is 6.17. The summed E-state index contributed by atoms with van der Waals surface area (Å²) in [6, 6.07) is 62.9. The zero-order valence-corrected chi connectivity index (χ0v) is 28.9. The summed E-state index contributed by atoms with van der Waals surface area (Å²) in [6.07, 6.45) is 0. The Labute approximate surface area is 309 Å². The molecule has 5 heteroatoms. The molecule has 0 fully saturated rings. The van der Waals surface area contributed by atoms with Gasteiger partial charge in [0.05, 0.1) is 5.39 Å². The Balaban J connectivity index is 1.01. The second-order valence-corrected chi connectivity index (χ2v) is 13.6. The number of rotatable bonds is 6. The maximum Gasteiger partial charge on any atom is 0.227 e. The van der Waals surface area contributed by atoms with E-state index in [2.05, 4.69) is 120 Å². The molecule has 5 nitrogen and oxygen atoms in total. The molecule has 0 aliphatic carbocycles. The van der Waals surface area contributed by atoms with Crippen LogP contribution in [0.3, 0.4) is 0 Å². The average molecular weight is 695 g/mol. The molecule has 254 valence electrons. The Morgan fingerprint density at radius 1 is 0.352 bits per heavy atom. The van der Waals surface area contributed by atoms with E-state index in [4.69, 9.17) is 18.2 Å². The normalized spacial score (nSPS) is 11.7. The van der Waals surface area contributed by atoms with Gasteiger partial charge in [-0.25, -0.2) is 4.98 Å². The van der Waals surface area contributed by atoms with Gasteiger partial charge >= 0.3 is 0 Å². The van der Waals surface area contributed by atoms with Crippen LogP contribution in [0, 0.1) is 0 Å². The number of anilines is 3. The van der Waals surface area contributed by atoms with Gasteiger partial charge in [-0.2, -0.15) is 0 Å². The number of nitrogens with zero attached hydrogens (tertiary/aromatic N) is 2. The van der Waals surface area contributed by atoms with E-state index < -0.39 is 0 Å². The largest absolute Gasteiger partial charge is 0.456 e. The van der Waals surface area contributed by atoms with Gasteiger partial charge in [0.1, 0.15) is 27.8 Å². The van der Waals surface area contributed by atoms with Crippen LogP contribution < -0.4 is 4.90 Å². The lowest BCUT2D eigenvalue weighted by atomic mass is 10.0. The van der Waals surface area contributed by atoms with Crippen LogP contribution >= 0.6 is 0 Å². The van der Waals surface area contributed by atoms with Crippen molar-refractivity contribution in [3.05, 3.63) is 182 Å². The minimum atomic E-state index is 0.596. The minimum Gasteiger partial charge on any atom is -0.456 e. The van der Waals surface area contributed by atoms with E-state index in [1.165, 1.54) is 11.1 Å². The molecule has 0 amide bonds. The van der Waals surface area contributed by atoms with Gasteiger partial charge in [-0.05, 0) is 107 Å². The van der Waals surface area contributed by atoms with E-state index in [0.29, 0.717) is 5.89 Å². The molecule has 0 aliphatic heterocycles. The van der Waals surface area contributed by atoms with Gasteiger partial charge in [-0.3, -0.25) is 0 Å². The maximum absolute atomic E-state index is 6.40. The summed E-state index contributed by atoms with van der Waals surface area (Å²) in [5.41, 5.74) is 13.5. The quantitative estimate of drug-likeness (QED) is 0.173. The highest BCUT2D eigenvalue weighted by Crippen LogP contribution is 2.42. The van der Waals surface area contributed by atoms with Gasteiger partial charge in [0.25, 0.3) is 0 Å². The average Bonchev–Trinajstić information content (AvgIpc) is 3.95. The summed E-state index contributed by atoms with van der Waals surface area (Å²) in [6.45, 7) is 0. The molecular formula is C49H30N2O3. The molecule has 3 heterocycles. The number of benzene rings is 8. The van der Waals surface area contributed by atoms with Gasteiger partial charge < -0.3 is 18.2 Å². The first-order valence-corrected chi connectivity index (χ1v) is 18.0. The molecule has 0 unspecified atom stereocenters. The molecule has 11 aromatic rings. The highest BCUT2D eigenvalue weighted by Gasteiger charge is 2.19. The van der Waals surface area contributed by atoms with Crippen molar-refractivity contribution in [1.29, 1.82) is 0 Å². The van der Waals surface area contributed by atoms with Gasteiger partial charge in [0.2, 0.25) is 5.89 Å². The monoisotopic (exact) mass is 694 g/mol. The molecule has 0 aliphatic rings. The summed E-state index contributed by atoms with van der Waals surface area (Å²) in [7, 11) is 0. The second-order valence-electron chi connectivity index (χ2n) is 13.6. The molecule has 0 N–H and O–H groups in total. The van der Waals surface area contributed by atoms with Crippen molar-refractivity contribution in [2.24, 2.45) is 0 Å². The van der Waals surface area contributed by atoms with Crippen LogP contribution in [0.15, 0.2) is 195 Å². The van der Waals surface area contributed by atoms with E-state index in [-0.39, 0.29) is 0 Å². The molecule has 0 bridgehead atoms. The summed E-state index contributed by atoms with van der Waals surface area (Å²) in [5, 5.41) is 4.12. The number of furan rings is 2. The lowest BCUT2D eigenvalue weighted by Crippen LogP contribution is -2.09. The van der Waals surface area contributed by atoms with Gasteiger partial charge in [0, 0.05) is 38.8 Å². The fourth-order valence-corrected chi connectivity index (χ4v) is 7.67. The Hall–Kier alpha value is -7.37. The second kappa shape index (κ2) is 12.1. The number of para-hydroxylation sites is 1. The van der Waals surface area contributed by atoms with E-state index in [0.717, 1.165) is 88.7 Å². The van der Waals surface area contributed by atoms with Crippen molar-refractivity contribution in [2.45, 2.75) is 0 Å². The first kappa shape index (κ1) is 30.3. The molecule has 0 saturated carbocycles. The van der Waals surface area contributed by atoms with Crippen LogP contribution in [0.25, 0.3) is 88.7 Å². The zero-order chi connectivity index (χ0) is 35.6. The fourth-order valence-electron chi connectivity index (χ4n) is 7.67. The topological polar surface area (TPSA) is 55.6 Å². The molecule has 0 spiro atoms. The number of fused-ring (bicyclic) bond motifs is 8. The lowest BCUT2D eigenvalue weighted by molar-refractivity contribution is 0.622. The third kappa shape index (κ3) is 4.98. The smallest absolute Gasteiger partial charge is 0.227 e. The molecule has 8 aromatic carbocycles. The SMILES string of the molecule is c1ccc(-c2ccc(N(c3ccc(-c4ccc5oc6ccc7nc(-c8ccccc8)oc7c6c5c4)cc3)c3ccc4oc5ccccc5c4c3)cc2)cc1. The summed E-state index contributed by atoms with van der Waals surface area (Å²) >= 11 is 0. The molecule has 0 radical (unpaired) electrons. The number of oxazole rings is 1. The van der Waals surface area contributed by atoms with Crippen LogP contribution in [0.4, 0.5) is 17.1 Å². The summed E-state index contributed by atoms with van der Waals surface area (Å²) in [4.78, 5) is 7.11. The van der Waals surface area contributed by atoms with E-state index in [1.54, 1.807) is 0 Å². The minimum absolute atomic E-state index is 0.596. The van der Waals surface area contributed by atoms with Gasteiger partial charge in [-0.1, -0.05) is 97.1 Å². The van der Waals surface area contributed by atoms with Crippen molar-refractivity contribution >= 4 is 72.0 Å². The first-order chi connectivity index (χ1) is 26.7. The molecule has 0 saturated heterocycles. The molecular weight excluding hydrogens is 665 g/mol. The van der Waals surface area contributed by atoms with Crippen LogP contribution in [-0.2, 0) is 0 Å². The highest BCUT2D eigenvalue weighted by atomic mass is 16.4. The maximum atomic E-state index is 6.40. The molecule has 3 aromatic heterocycles. The standard InChI is InChI=1S/C49H30N2O3/c1-3-9-31(10-4-1)32-15-20-36(21-16-32)51(38-24-27-44-40(30-38)39-13-7-8-14-43(39)52-44)37-22-17-33(18-23-37)35-19-26-45-41(29-35)47-46(53-45)28-25-42-48(47)54-49(50-42)34-11-5-2-6-12-34/h1-30H. The summed E-state index contributed by atoms with van der Waals surface area (Å²) in [5.74, 6) is 0.596. The Morgan fingerprint density at radius 3 is 1.65 bits per heavy atom. The zero-order valence-electron chi connectivity index (χ0n) is 28.9. The van der Waals surface area contributed by atoms with Crippen molar-refractivity contribution < 1.29 is 13.3 Å². The van der Waals surface area contributed by atoms with E-state index in [1.807, 2.05) is 66.7 Å². The Bertz CT molecular complexity index is 3140. The Morgan fingerprint density at radius 2 is 0.889 bits per heavy atom. The van der Waals surface area contributed by atoms with Crippen LogP contribution in [0.2, 0.25) is 0 Å². The number of hydrogen-bond donors (Lipinski definition) is 0. The lowest BCUT2D eigenvalue weighted by Gasteiger charge is -2.26. The Kier molecular flexibility index (Phi) is 6.79. The van der Waals surface area contributed by atoms with Crippen LogP contribution in [0.5, 0.6) is 0 Å². The van der Waals surface area contributed by atoms with Crippen molar-refractivity contribution in [1.82, 2.24) is 4.98 Å². The van der Waals surface area contributed by atoms with Crippen molar-refractivity contribution in [2.75, 3.05) is 4.90 Å². The summed E-state index contributed by atoms with van der Waals surface area (Å²) < 4.78 is 18.9. The first-order valence-electron chi connectivity index (χ1n) is 18.0. The van der Waals surface area contributed by atoms with E-state index in [9.17, 15) is 0 Å². The third-order valence-electron chi connectivity index (χ3n) is 10.3. The van der Waals surface area contributed by atoms with Gasteiger partial charge in [0.15, 0.2) is 5.58 Å². The molecule has 11 rings (SSSR count). The van der Waals surface area contributed by atoms with Crippen LogP contribution in [0.1, 0.15) is 0 Å². The predicted octanol–water partition coefficient (Wildman–Crippen LogP) is 14.1. The van der Waals surface area contributed by atoms with Crippen molar-refractivity contribution in [3.63, 3.8) is 0 Å². The van der Waals surface area contributed by atoms with Crippen LogP contribution in [-0.4, -0.2) is 4.98 Å². The van der Waals surface area contributed by atoms with Crippen molar-refractivity contribution in [3.8, 4) is 33.7 Å².